The van der Waals surface area contributed by atoms with Crippen molar-refractivity contribution in [1.82, 2.24) is 15.0 Å². The molecule has 0 saturated carbocycles. The third-order valence-electron chi connectivity index (χ3n) is 4.45. The van der Waals surface area contributed by atoms with Gasteiger partial charge in [-0.3, -0.25) is 10.1 Å². The zero-order valence-electron chi connectivity index (χ0n) is 14.6. The summed E-state index contributed by atoms with van der Waals surface area (Å²) in [5.41, 5.74) is 3.36. The number of hydrogen-bond acceptors (Lipinski definition) is 5. The SMILES string of the molecule is C[C@@H](Nc1ncnc2[nH]c(-c3cccc([N+](=O)[O-])c3)cc12)c1ccccc1. The van der Waals surface area contributed by atoms with Crippen LogP contribution in [-0.2, 0) is 0 Å². The average Bonchev–Trinajstić information content (AvgIpc) is 3.14. The Labute approximate surface area is 155 Å². The molecule has 0 fully saturated rings. The molecule has 0 bridgehead atoms. The van der Waals surface area contributed by atoms with Gasteiger partial charge in [-0.05, 0) is 18.6 Å². The predicted octanol–water partition coefficient (Wildman–Crippen LogP) is 4.71. The fraction of sp³-hybridized carbons (Fsp3) is 0.100. The molecule has 2 N–H and O–H groups in total. The van der Waals surface area contributed by atoms with Crippen LogP contribution in [0.5, 0.6) is 0 Å². The van der Waals surface area contributed by atoms with Gasteiger partial charge in [0.1, 0.15) is 17.8 Å². The first-order valence-corrected chi connectivity index (χ1v) is 8.52. The van der Waals surface area contributed by atoms with Crippen LogP contribution in [0.4, 0.5) is 11.5 Å². The van der Waals surface area contributed by atoms with Crippen molar-refractivity contribution in [3.63, 3.8) is 0 Å². The van der Waals surface area contributed by atoms with Gasteiger partial charge in [0.15, 0.2) is 0 Å². The van der Waals surface area contributed by atoms with Gasteiger partial charge >= 0.3 is 0 Å². The minimum absolute atomic E-state index is 0.0493. The van der Waals surface area contributed by atoms with Crippen LogP contribution in [0.25, 0.3) is 22.3 Å². The lowest BCUT2D eigenvalue weighted by Crippen LogP contribution is -2.08. The zero-order chi connectivity index (χ0) is 18.8. The highest BCUT2D eigenvalue weighted by Gasteiger charge is 2.14. The Hall–Kier alpha value is -3.74. The molecule has 4 rings (SSSR count). The Bertz CT molecular complexity index is 1110. The standard InChI is InChI=1S/C20H17N5O2/c1-13(14-6-3-2-4-7-14)23-19-17-11-18(24-20(17)22-12-21-19)15-8-5-9-16(10-15)25(26)27/h2-13H,1H3,(H2,21,22,23,24)/t13-/m1/s1. The molecule has 0 radical (unpaired) electrons. The van der Waals surface area contributed by atoms with Gasteiger partial charge in [-0.25, -0.2) is 9.97 Å². The van der Waals surface area contributed by atoms with Gasteiger partial charge in [0.25, 0.3) is 5.69 Å². The Morgan fingerprint density at radius 1 is 1.07 bits per heavy atom. The molecular formula is C20H17N5O2. The van der Waals surface area contributed by atoms with E-state index >= 15 is 0 Å². The molecule has 0 aliphatic rings. The molecule has 134 valence electrons. The molecule has 0 aliphatic heterocycles. The molecule has 2 heterocycles. The summed E-state index contributed by atoms with van der Waals surface area (Å²) in [6.07, 6.45) is 1.50. The van der Waals surface area contributed by atoms with Crippen molar-refractivity contribution < 1.29 is 4.92 Å². The van der Waals surface area contributed by atoms with E-state index < -0.39 is 4.92 Å². The maximum absolute atomic E-state index is 11.0. The van der Waals surface area contributed by atoms with Gasteiger partial charge in [0.05, 0.1) is 10.3 Å². The summed E-state index contributed by atoms with van der Waals surface area (Å²) in [5.74, 6) is 0.712. The number of non-ortho nitro benzene ring substituents is 1. The lowest BCUT2D eigenvalue weighted by atomic mass is 10.1. The average molecular weight is 359 g/mol. The number of fused-ring (bicyclic) bond motifs is 1. The van der Waals surface area contributed by atoms with Crippen molar-refractivity contribution in [1.29, 1.82) is 0 Å². The Morgan fingerprint density at radius 2 is 1.89 bits per heavy atom. The monoisotopic (exact) mass is 359 g/mol. The van der Waals surface area contributed by atoms with E-state index in [-0.39, 0.29) is 11.7 Å². The lowest BCUT2D eigenvalue weighted by molar-refractivity contribution is -0.384. The van der Waals surface area contributed by atoms with Crippen LogP contribution < -0.4 is 5.32 Å². The van der Waals surface area contributed by atoms with E-state index in [1.165, 1.54) is 18.5 Å². The summed E-state index contributed by atoms with van der Waals surface area (Å²) in [6, 6.07) is 18.6. The number of nitro groups is 1. The van der Waals surface area contributed by atoms with Crippen molar-refractivity contribution in [3.8, 4) is 11.3 Å². The number of aromatic amines is 1. The minimum atomic E-state index is -0.402. The lowest BCUT2D eigenvalue weighted by Gasteiger charge is -2.15. The van der Waals surface area contributed by atoms with Gasteiger partial charge in [0.2, 0.25) is 0 Å². The number of nitrogens with one attached hydrogen (secondary N) is 2. The maximum Gasteiger partial charge on any atom is 0.270 e. The Balaban J connectivity index is 1.70. The van der Waals surface area contributed by atoms with E-state index in [4.69, 9.17) is 0 Å². The molecule has 27 heavy (non-hydrogen) atoms. The molecule has 7 nitrogen and oxygen atoms in total. The molecule has 0 saturated heterocycles. The minimum Gasteiger partial charge on any atom is -0.363 e. The molecule has 0 spiro atoms. The van der Waals surface area contributed by atoms with Crippen LogP contribution in [0, 0.1) is 10.1 Å². The summed E-state index contributed by atoms with van der Waals surface area (Å²) < 4.78 is 0. The fourth-order valence-corrected chi connectivity index (χ4v) is 3.03. The third-order valence-corrected chi connectivity index (χ3v) is 4.45. The molecular weight excluding hydrogens is 342 g/mol. The normalized spacial score (nSPS) is 12.0. The molecule has 7 heteroatoms. The second-order valence-corrected chi connectivity index (χ2v) is 6.25. The number of benzene rings is 2. The number of aromatic nitrogens is 3. The predicted molar refractivity (Wildman–Crippen MR) is 104 cm³/mol. The summed E-state index contributed by atoms with van der Waals surface area (Å²) in [5, 5.41) is 15.3. The van der Waals surface area contributed by atoms with Crippen LogP contribution in [0.3, 0.4) is 0 Å². The van der Waals surface area contributed by atoms with E-state index in [1.54, 1.807) is 6.07 Å². The van der Waals surface area contributed by atoms with Gasteiger partial charge in [-0.15, -0.1) is 0 Å². The molecule has 2 aromatic carbocycles. The molecule has 4 aromatic rings. The van der Waals surface area contributed by atoms with Crippen molar-refractivity contribution in [2.24, 2.45) is 0 Å². The van der Waals surface area contributed by atoms with E-state index in [2.05, 4.69) is 39.3 Å². The van der Waals surface area contributed by atoms with Crippen LogP contribution in [0.2, 0.25) is 0 Å². The largest absolute Gasteiger partial charge is 0.363 e. The first-order valence-electron chi connectivity index (χ1n) is 8.52. The maximum atomic E-state index is 11.0. The number of nitro benzene ring substituents is 1. The van der Waals surface area contributed by atoms with Gasteiger partial charge in [-0.2, -0.15) is 0 Å². The van der Waals surface area contributed by atoms with Crippen LogP contribution >= 0.6 is 0 Å². The van der Waals surface area contributed by atoms with Crippen LogP contribution in [-0.4, -0.2) is 19.9 Å². The molecule has 2 aromatic heterocycles. The Kier molecular flexibility index (Phi) is 4.25. The number of hydrogen-bond donors (Lipinski definition) is 2. The zero-order valence-corrected chi connectivity index (χ0v) is 14.6. The van der Waals surface area contributed by atoms with Crippen molar-refractivity contribution in [2.75, 3.05) is 5.32 Å². The van der Waals surface area contributed by atoms with Crippen LogP contribution in [0.15, 0.2) is 67.0 Å². The van der Waals surface area contributed by atoms with Crippen molar-refractivity contribution in [3.05, 3.63) is 82.7 Å². The highest BCUT2D eigenvalue weighted by molar-refractivity contribution is 5.91. The topological polar surface area (TPSA) is 96.7 Å². The summed E-state index contributed by atoms with van der Waals surface area (Å²) in [7, 11) is 0. The van der Waals surface area contributed by atoms with E-state index in [0.717, 1.165) is 22.2 Å². The van der Waals surface area contributed by atoms with E-state index in [1.807, 2.05) is 30.3 Å². The molecule has 0 amide bonds. The first-order chi connectivity index (χ1) is 13.1. The smallest absolute Gasteiger partial charge is 0.270 e. The van der Waals surface area contributed by atoms with Crippen molar-refractivity contribution in [2.45, 2.75) is 13.0 Å². The fourth-order valence-electron chi connectivity index (χ4n) is 3.03. The van der Waals surface area contributed by atoms with Crippen LogP contribution in [0.1, 0.15) is 18.5 Å². The summed E-state index contributed by atoms with van der Waals surface area (Å²) >= 11 is 0. The third kappa shape index (κ3) is 3.35. The molecule has 0 unspecified atom stereocenters. The highest BCUT2D eigenvalue weighted by atomic mass is 16.6. The van der Waals surface area contributed by atoms with E-state index in [9.17, 15) is 10.1 Å². The van der Waals surface area contributed by atoms with E-state index in [0.29, 0.717) is 11.5 Å². The number of anilines is 1. The summed E-state index contributed by atoms with van der Waals surface area (Å²) in [6.45, 7) is 2.07. The van der Waals surface area contributed by atoms with Gasteiger partial charge in [0, 0.05) is 29.4 Å². The van der Waals surface area contributed by atoms with Gasteiger partial charge in [-0.1, -0.05) is 42.5 Å². The molecule has 1 atom stereocenters. The number of H-pyrrole nitrogens is 1. The first kappa shape index (κ1) is 16.7. The number of nitrogens with zero attached hydrogens (tertiary/aromatic N) is 3. The second-order valence-electron chi connectivity index (χ2n) is 6.25. The second kappa shape index (κ2) is 6.87. The van der Waals surface area contributed by atoms with Crippen molar-refractivity contribution >= 4 is 22.5 Å². The highest BCUT2D eigenvalue weighted by Crippen LogP contribution is 2.30. The van der Waals surface area contributed by atoms with Gasteiger partial charge < -0.3 is 10.3 Å². The quantitative estimate of drug-likeness (QED) is 0.397. The Morgan fingerprint density at radius 3 is 2.67 bits per heavy atom. The number of rotatable bonds is 5. The summed E-state index contributed by atoms with van der Waals surface area (Å²) in [4.78, 5) is 22.5. The molecule has 0 aliphatic carbocycles.